The van der Waals surface area contributed by atoms with Gasteiger partial charge in [0, 0.05) is 11.1 Å². The van der Waals surface area contributed by atoms with E-state index in [-0.39, 0.29) is 0 Å². The Morgan fingerprint density at radius 2 is 0.868 bits per heavy atom. The molecule has 280 valence electrons. The Bertz CT molecular complexity index is 2150. The largest absolute Gasteiger partial charge is 0.494 e. The van der Waals surface area contributed by atoms with Gasteiger partial charge in [0.05, 0.1) is 6.61 Å². The van der Waals surface area contributed by atoms with Gasteiger partial charge in [0.1, 0.15) is 21.9 Å². The molecular formula is C50H66OSi2. The summed E-state index contributed by atoms with van der Waals surface area (Å²) in [6.45, 7) is 31.9. The van der Waals surface area contributed by atoms with Crippen LogP contribution in [0.4, 0.5) is 0 Å². The second-order valence-corrected chi connectivity index (χ2v) is 28.8. The molecule has 5 aromatic rings. The van der Waals surface area contributed by atoms with Crippen LogP contribution in [0, 0.1) is 22.9 Å². The minimum absolute atomic E-state index is 0.553. The Balaban J connectivity index is 1.94. The second kappa shape index (κ2) is 16.9. The van der Waals surface area contributed by atoms with Crippen LogP contribution in [0.5, 0.6) is 5.75 Å². The maximum atomic E-state index is 6.32. The molecule has 0 unspecified atom stereocenters. The van der Waals surface area contributed by atoms with Gasteiger partial charge in [0.2, 0.25) is 0 Å². The van der Waals surface area contributed by atoms with E-state index in [9.17, 15) is 0 Å². The average molecular weight is 739 g/mol. The summed E-state index contributed by atoms with van der Waals surface area (Å²) in [5, 5.41) is 9.78. The van der Waals surface area contributed by atoms with E-state index in [0.29, 0.717) is 33.2 Å². The first-order valence-corrected chi connectivity index (χ1v) is 25.2. The highest BCUT2D eigenvalue weighted by molar-refractivity contribution is 6.91. The van der Waals surface area contributed by atoms with Crippen LogP contribution in [0.2, 0.25) is 33.2 Å². The van der Waals surface area contributed by atoms with Gasteiger partial charge in [-0.1, -0.05) is 151 Å². The molecule has 5 aromatic carbocycles. The Labute approximate surface area is 324 Å². The summed E-state index contributed by atoms with van der Waals surface area (Å²) in [5.41, 5.74) is 13.9. The van der Waals surface area contributed by atoms with Crippen LogP contribution in [-0.2, 0) is 0 Å². The predicted octanol–water partition coefficient (Wildman–Crippen LogP) is 15.4. The molecule has 0 radical (unpaired) electrons. The number of ether oxygens (including phenoxy) is 1. The van der Waals surface area contributed by atoms with Crippen LogP contribution in [0.3, 0.4) is 0 Å². The molecule has 0 aliphatic rings. The molecule has 5 rings (SSSR count). The van der Waals surface area contributed by atoms with Crippen LogP contribution in [-0.4, -0.2) is 22.8 Å². The van der Waals surface area contributed by atoms with Gasteiger partial charge in [-0.3, -0.25) is 0 Å². The molecule has 0 saturated heterocycles. The second-order valence-electron chi connectivity index (χ2n) is 17.6. The highest BCUT2D eigenvalue weighted by Gasteiger charge is 2.43. The quantitative estimate of drug-likeness (QED) is 0.0536. The Morgan fingerprint density at radius 1 is 0.472 bits per heavy atom. The lowest BCUT2D eigenvalue weighted by Gasteiger charge is -2.38. The van der Waals surface area contributed by atoms with Crippen molar-refractivity contribution in [3.05, 3.63) is 77.9 Å². The van der Waals surface area contributed by atoms with Gasteiger partial charge in [0.15, 0.2) is 0 Å². The van der Waals surface area contributed by atoms with Crippen molar-refractivity contribution in [1.82, 2.24) is 0 Å². The maximum absolute atomic E-state index is 6.32. The number of hydrogen-bond donors (Lipinski definition) is 0. The zero-order chi connectivity index (χ0) is 38.7. The topological polar surface area (TPSA) is 9.23 Å². The SMILES string of the molecule is CCCCCCOc1ccc2cc3c(C#C[Si](C(C)C)(C(C)C)C(C)C)c4cc5ccccc5cc4c(C#C[Si](C(C)C)(C(C)C)C(C)C)c3cc2c1. The summed E-state index contributed by atoms with van der Waals surface area (Å²) in [5.74, 6) is 8.96. The first kappa shape index (κ1) is 40.7. The van der Waals surface area contributed by atoms with Crippen LogP contribution in [0.1, 0.15) is 127 Å². The molecule has 0 aliphatic carbocycles. The van der Waals surface area contributed by atoms with E-state index >= 15 is 0 Å². The number of unbranched alkanes of at least 4 members (excludes halogenated alkanes) is 3. The molecule has 0 heterocycles. The van der Waals surface area contributed by atoms with E-state index in [0.717, 1.165) is 29.9 Å². The zero-order valence-electron chi connectivity index (χ0n) is 35.3. The molecule has 1 nitrogen and oxygen atoms in total. The number of rotatable bonds is 12. The van der Waals surface area contributed by atoms with Crippen molar-refractivity contribution < 1.29 is 4.74 Å². The minimum atomic E-state index is -2.02. The van der Waals surface area contributed by atoms with Gasteiger partial charge in [0.25, 0.3) is 0 Å². The van der Waals surface area contributed by atoms with E-state index in [2.05, 4.69) is 180 Å². The highest BCUT2D eigenvalue weighted by Crippen LogP contribution is 2.44. The fourth-order valence-electron chi connectivity index (χ4n) is 9.92. The van der Waals surface area contributed by atoms with Gasteiger partial charge in [-0.15, -0.1) is 11.1 Å². The van der Waals surface area contributed by atoms with Crippen molar-refractivity contribution in [3.8, 4) is 28.7 Å². The van der Waals surface area contributed by atoms with Crippen molar-refractivity contribution in [2.45, 2.75) is 149 Å². The fraction of sp³-hybridized carbons (Fsp3) is 0.480. The van der Waals surface area contributed by atoms with Crippen molar-refractivity contribution >= 4 is 59.2 Å². The standard InChI is InChI=1S/C50H66OSi2/c1-14-15-16-19-26-51-44-23-22-42-32-49-45(24-27-52(34(2)3,35(4)5)36(6)7)47-30-40-20-17-18-21-41(40)31-48(47)46(50(49)33-43(42)29-44)25-28-53(37(8)9,38(10)11)39(12)13/h17-18,20-23,29-39H,14-16,19,26H2,1-13H3. The minimum Gasteiger partial charge on any atom is -0.494 e. The fourth-order valence-corrected chi connectivity index (χ4v) is 20.3. The monoisotopic (exact) mass is 738 g/mol. The van der Waals surface area contributed by atoms with Crippen molar-refractivity contribution in [1.29, 1.82) is 0 Å². The van der Waals surface area contributed by atoms with E-state index in [1.165, 1.54) is 62.4 Å². The smallest absolute Gasteiger partial charge is 0.146 e. The summed E-state index contributed by atoms with van der Waals surface area (Å²) in [4.78, 5) is 0. The zero-order valence-corrected chi connectivity index (χ0v) is 37.3. The van der Waals surface area contributed by atoms with E-state index in [1.54, 1.807) is 0 Å². The predicted molar refractivity (Wildman–Crippen MR) is 242 cm³/mol. The van der Waals surface area contributed by atoms with E-state index in [1.807, 2.05) is 0 Å². The van der Waals surface area contributed by atoms with Crippen LogP contribution in [0.25, 0.3) is 43.1 Å². The van der Waals surface area contributed by atoms with Crippen LogP contribution in [0.15, 0.2) is 66.7 Å². The lowest BCUT2D eigenvalue weighted by Crippen LogP contribution is -2.43. The van der Waals surface area contributed by atoms with E-state index in [4.69, 9.17) is 4.74 Å². The molecule has 53 heavy (non-hydrogen) atoms. The lowest BCUT2D eigenvalue weighted by molar-refractivity contribution is 0.305. The van der Waals surface area contributed by atoms with Gasteiger partial charge in [-0.05, 0) is 119 Å². The van der Waals surface area contributed by atoms with Crippen molar-refractivity contribution in [2.24, 2.45) is 0 Å². The summed E-state index contributed by atoms with van der Waals surface area (Å²) in [6, 6.07) is 25.0. The van der Waals surface area contributed by atoms with Gasteiger partial charge in [-0.25, -0.2) is 0 Å². The molecule has 3 heteroatoms. The molecule has 0 N–H and O–H groups in total. The summed E-state index contributed by atoms with van der Waals surface area (Å²) >= 11 is 0. The lowest BCUT2D eigenvalue weighted by atomic mass is 9.89. The molecule has 0 amide bonds. The summed E-state index contributed by atoms with van der Waals surface area (Å²) < 4.78 is 6.32. The number of hydrogen-bond acceptors (Lipinski definition) is 1. The third kappa shape index (κ3) is 7.86. The van der Waals surface area contributed by atoms with Gasteiger partial charge >= 0.3 is 0 Å². The van der Waals surface area contributed by atoms with Gasteiger partial charge < -0.3 is 4.74 Å². The highest BCUT2D eigenvalue weighted by atomic mass is 28.3. The molecule has 0 aromatic heterocycles. The van der Waals surface area contributed by atoms with Crippen LogP contribution < -0.4 is 4.74 Å². The average Bonchev–Trinajstić information content (AvgIpc) is 3.10. The van der Waals surface area contributed by atoms with E-state index < -0.39 is 16.1 Å². The molecule has 0 saturated carbocycles. The number of benzene rings is 5. The number of fused-ring (bicyclic) bond motifs is 4. The normalized spacial score (nSPS) is 12.6. The Morgan fingerprint density at radius 3 is 1.26 bits per heavy atom. The molecule has 0 fully saturated rings. The Hall–Kier alpha value is -3.51. The maximum Gasteiger partial charge on any atom is 0.146 e. The summed E-state index contributed by atoms with van der Waals surface area (Å²) in [7, 11) is -4.03. The molecule has 0 aliphatic heterocycles. The molecule has 0 bridgehead atoms. The molecular weight excluding hydrogens is 673 g/mol. The molecule has 0 atom stereocenters. The third-order valence-electron chi connectivity index (χ3n) is 12.7. The first-order valence-electron chi connectivity index (χ1n) is 20.7. The van der Waals surface area contributed by atoms with Gasteiger partial charge in [-0.2, -0.15) is 0 Å². The third-order valence-corrected chi connectivity index (χ3v) is 25.3. The molecule has 0 spiro atoms. The summed E-state index contributed by atoms with van der Waals surface area (Å²) in [6.07, 6.45) is 4.79. The van der Waals surface area contributed by atoms with Crippen LogP contribution >= 0.6 is 0 Å². The van der Waals surface area contributed by atoms with Crippen molar-refractivity contribution in [2.75, 3.05) is 6.61 Å². The Kier molecular flexibility index (Phi) is 13.0. The first-order chi connectivity index (χ1) is 25.2. The van der Waals surface area contributed by atoms with Crippen molar-refractivity contribution in [3.63, 3.8) is 0 Å².